The van der Waals surface area contributed by atoms with Crippen LogP contribution in [0.4, 0.5) is 0 Å². The van der Waals surface area contributed by atoms with Crippen LogP contribution in [0.2, 0.25) is 0 Å². The molecule has 3 aromatic rings. The molecular formula is C26H26O5. The quantitative estimate of drug-likeness (QED) is 0.537. The molecule has 4 rings (SSSR count). The van der Waals surface area contributed by atoms with Crippen molar-refractivity contribution in [1.29, 1.82) is 0 Å². The van der Waals surface area contributed by atoms with Crippen molar-refractivity contribution in [3.63, 3.8) is 0 Å². The summed E-state index contributed by atoms with van der Waals surface area (Å²) in [5.41, 5.74) is 2.93. The van der Waals surface area contributed by atoms with Gasteiger partial charge in [0.05, 0.1) is 18.2 Å². The summed E-state index contributed by atoms with van der Waals surface area (Å²) in [4.78, 5) is 13.5. The number of aromatic hydroxyl groups is 1. The number of methoxy groups -OCH3 is 1. The lowest BCUT2D eigenvalue weighted by molar-refractivity contribution is 0.157. The van der Waals surface area contributed by atoms with Gasteiger partial charge in [-0.3, -0.25) is 4.79 Å². The fraction of sp³-hybridized carbons (Fsp3) is 0.269. The van der Waals surface area contributed by atoms with Gasteiger partial charge < -0.3 is 19.0 Å². The number of fused-ring (bicyclic) bond motifs is 3. The summed E-state index contributed by atoms with van der Waals surface area (Å²) in [7, 11) is 1.59. The lowest BCUT2D eigenvalue weighted by Crippen LogP contribution is -2.28. The maximum atomic E-state index is 13.5. The van der Waals surface area contributed by atoms with Crippen LogP contribution in [0.15, 0.2) is 57.5 Å². The fourth-order valence-corrected chi connectivity index (χ4v) is 3.72. The fourth-order valence-electron chi connectivity index (χ4n) is 3.72. The highest BCUT2D eigenvalue weighted by Gasteiger charge is 2.30. The van der Waals surface area contributed by atoms with E-state index in [0.717, 1.165) is 5.57 Å². The average molecular weight is 418 g/mol. The molecule has 1 aliphatic rings. The number of ether oxygens (including phenoxy) is 2. The highest BCUT2D eigenvalue weighted by Crippen LogP contribution is 2.44. The zero-order valence-electron chi connectivity index (χ0n) is 18.4. The van der Waals surface area contributed by atoms with Crippen molar-refractivity contribution in [2.45, 2.75) is 39.7 Å². The molecule has 0 bridgehead atoms. The molecule has 2 heterocycles. The lowest BCUT2D eigenvalue weighted by atomic mass is 9.93. The molecular weight excluding hydrogens is 392 g/mol. The van der Waals surface area contributed by atoms with Crippen molar-refractivity contribution in [2.24, 2.45) is 0 Å². The van der Waals surface area contributed by atoms with E-state index in [1.807, 2.05) is 45.9 Å². The van der Waals surface area contributed by atoms with E-state index >= 15 is 0 Å². The molecule has 160 valence electrons. The Kier molecular flexibility index (Phi) is 5.13. The predicted octanol–water partition coefficient (Wildman–Crippen LogP) is 5.87. The Hall–Kier alpha value is -3.47. The van der Waals surface area contributed by atoms with E-state index in [2.05, 4.69) is 0 Å². The highest BCUT2D eigenvalue weighted by molar-refractivity contribution is 5.97. The molecule has 0 saturated heterocycles. The second-order valence-corrected chi connectivity index (χ2v) is 8.51. The van der Waals surface area contributed by atoms with Crippen LogP contribution in [0.25, 0.3) is 28.2 Å². The number of phenols is 1. The van der Waals surface area contributed by atoms with Crippen LogP contribution in [0.1, 0.15) is 38.8 Å². The molecule has 2 aromatic carbocycles. The van der Waals surface area contributed by atoms with Gasteiger partial charge in [0.15, 0.2) is 5.58 Å². The summed E-state index contributed by atoms with van der Waals surface area (Å²) in [6.45, 7) is 7.87. The van der Waals surface area contributed by atoms with Gasteiger partial charge in [-0.05, 0) is 64.0 Å². The summed E-state index contributed by atoms with van der Waals surface area (Å²) in [6.07, 6.45) is 7.72. The van der Waals surface area contributed by atoms with Gasteiger partial charge in [0.25, 0.3) is 0 Å². The van der Waals surface area contributed by atoms with Gasteiger partial charge >= 0.3 is 0 Å². The molecule has 0 radical (unpaired) electrons. The topological polar surface area (TPSA) is 68.9 Å². The number of rotatable bonds is 4. The minimum Gasteiger partial charge on any atom is -0.507 e. The highest BCUT2D eigenvalue weighted by atomic mass is 16.5. The Morgan fingerprint density at radius 3 is 2.55 bits per heavy atom. The van der Waals surface area contributed by atoms with Crippen LogP contribution in [-0.2, 0) is 6.42 Å². The van der Waals surface area contributed by atoms with Gasteiger partial charge in [0.1, 0.15) is 34.5 Å². The Morgan fingerprint density at radius 2 is 1.90 bits per heavy atom. The first-order valence-corrected chi connectivity index (χ1v) is 10.2. The zero-order valence-corrected chi connectivity index (χ0v) is 18.4. The summed E-state index contributed by atoms with van der Waals surface area (Å²) >= 11 is 0. The van der Waals surface area contributed by atoms with Crippen LogP contribution in [0.3, 0.4) is 0 Å². The molecule has 5 heteroatoms. The van der Waals surface area contributed by atoms with Crippen LogP contribution in [0, 0.1) is 0 Å². The van der Waals surface area contributed by atoms with E-state index in [1.165, 1.54) is 6.26 Å². The first-order chi connectivity index (χ1) is 14.7. The molecule has 0 unspecified atom stereocenters. The first kappa shape index (κ1) is 20.8. The molecule has 0 saturated carbocycles. The molecule has 31 heavy (non-hydrogen) atoms. The number of hydrogen-bond acceptors (Lipinski definition) is 5. The van der Waals surface area contributed by atoms with E-state index < -0.39 is 5.60 Å². The smallest absolute Gasteiger partial charge is 0.204 e. The van der Waals surface area contributed by atoms with Crippen molar-refractivity contribution in [2.75, 3.05) is 7.11 Å². The molecule has 5 nitrogen and oxygen atoms in total. The van der Waals surface area contributed by atoms with Gasteiger partial charge in [0.2, 0.25) is 5.43 Å². The van der Waals surface area contributed by atoms with Gasteiger partial charge in [-0.25, -0.2) is 0 Å². The van der Waals surface area contributed by atoms with E-state index in [9.17, 15) is 9.90 Å². The Labute approximate surface area is 181 Å². The minimum absolute atomic E-state index is 0.0959. The number of hydrogen-bond donors (Lipinski definition) is 1. The van der Waals surface area contributed by atoms with E-state index in [4.69, 9.17) is 13.9 Å². The molecule has 1 aliphatic heterocycles. The average Bonchev–Trinajstić information content (AvgIpc) is 2.72. The van der Waals surface area contributed by atoms with Gasteiger partial charge in [-0.1, -0.05) is 23.8 Å². The van der Waals surface area contributed by atoms with Crippen molar-refractivity contribution in [1.82, 2.24) is 0 Å². The van der Waals surface area contributed by atoms with Crippen LogP contribution < -0.4 is 14.9 Å². The summed E-state index contributed by atoms with van der Waals surface area (Å²) < 4.78 is 17.3. The van der Waals surface area contributed by atoms with E-state index in [0.29, 0.717) is 45.8 Å². The van der Waals surface area contributed by atoms with Crippen molar-refractivity contribution < 1.29 is 19.0 Å². The number of benzene rings is 2. The van der Waals surface area contributed by atoms with Crippen LogP contribution in [0.5, 0.6) is 17.2 Å². The lowest BCUT2D eigenvalue weighted by Gasteiger charge is -2.30. The second kappa shape index (κ2) is 7.65. The standard InChI is InChI=1S/C26H26O5/c1-15(2)6-11-18-22(27)21-23(28)20(16-7-9-17(29-5)10-8-16)14-30-25(21)19-12-13-26(3,4)31-24(18)19/h6-10,12-14,27H,11H2,1-5H3. The van der Waals surface area contributed by atoms with Crippen LogP contribution >= 0.6 is 0 Å². The third kappa shape index (κ3) is 3.72. The minimum atomic E-state index is -0.532. The maximum Gasteiger partial charge on any atom is 0.204 e. The zero-order chi connectivity index (χ0) is 22.3. The van der Waals surface area contributed by atoms with Crippen LogP contribution in [-0.4, -0.2) is 17.8 Å². The Morgan fingerprint density at radius 1 is 1.19 bits per heavy atom. The molecule has 0 amide bonds. The molecule has 0 fully saturated rings. The molecule has 0 atom stereocenters. The van der Waals surface area contributed by atoms with E-state index in [1.54, 1.807) is 31.4 Å². The third-order valence-corrected chi connectivity index (χ3v) is 5.41. The van der Waals surface area contributed by atoms with Gasteiger partial charge in [-0.2, -0.15) is 0 Å². The van der Waals surface area contributed by atoms with Gasteiger partial charge in [-0.15, -0.1) is 0 Å². The second-order valence-electron chi connectivity index (χ2n) is 8.51. The summed E-state index contributed by atoms with van der Waals surface area (Å²) in [5, 5.41) is 11.4. The molecule has 0 spiro atoms. The predicted molar refractivity (Wildman–Crippen MR) is 123 cm³/mol. The largest absolute Gasteiger partial charge is 0.507 e. The third-order valence-electron chi connectivity index (χ3n) is 5.41. The first-order valence-electron chi connectivity index (χ1n) is 10.2. The Balaban J connectivity index is 2.01. The number of allylic oxidation sites excluding steroid dienone is 2. The molecule has 0 aliphatic carbocycles. The summed E-state index contributed by atoms with van der Waals surface area (Å²) in [6, 6.07) is 7.15. The monoisotopic (exact) mass is 418 g/mol. The normalized spacial score (nSPS) is 14.1. The molecule has 1 aromatic heterocycles. The van der Waals surface area contributed by atoms with E-state index in [-0.39, 0.29) is 16.6 Å². The molecule has 1 N–H and O–H groups in total. The van der Waals surface area contributed by atoms with Crippen molar-refractivity contribution in [3.8, 4) is 28.4 Å². The van der Waals surface area contributed by atoms with Crippen molar-refractivity contribution in [3.05, 3.63) is 69.6 Å². The summed E-state index contributed by atoms with van der Waals surface area (Å²) in [5.74, 6) is 1.15. The SMILES string of the molecule is COc1ccc(-c2coc3c4c(c(CC=C(C)C)c(O)c3c2=O)OC(C)(C)C=C4)cc1. The van der Waals surface area contributed by atoms with Crippen molar-refractivity contribution >= 4 is 17.0 Å². The number of phenolic OH excluding ortho intramolecular Hbond substituents is 1. The van der Waals surface area contributed by atoms with Gasteiger partial charge in [0, 0.05) is 5.56 Å². The Bertz CT molecular complexity index is 1270. The maximum absolute atomic E-state index is 13.5.